The highest BCUT2D eigenvalue weighted by Crippen LogP contribution is 2.16. The molecule has 0 radical (unpaired) electrons. The van der Waals surface area contributed by atoms with Gasteiger partial charge in [-0.3, -0.25) is 9.20 Å². The SMILES string of the molecule is Cc1nc(C(C)C)cc2nc(CCC(=O)O)cn12. The fraction of sp³-hybridized carbons (Fsp3) is 0.462. The van der Waals surface area contributed by atoms with Crippen LogP contribution < -0.4 is 0 Å². The van der Waals surface area contributed by atoms with Gasteiger partial charge in [0.15, 0.2) is 0 Å². The number of fused-ring (bicyclic) bond motifs is 1. The van der Waals surface area contributed by atoms with Crippen LogP contribution in [0.5, 0.6) is 0 Å². The molecule has 0 saturated heterocycles. The van der Waals surface area contributed by atoms with Crippen LogP contribution in [0.25, 0.3) is 5.65 Å². The molecule has 0 aromatic carbocycles. The summed E-state index contributed by atoms with van der Waals surface area (Å²) in [6.07, 6.45) is 2.42. The fourth-order valence-electron chi connectivity index (χ4n) is 1.86. The summed E-state index contributed by atoms with van der Waals surface area (Å²) in [5.74, 6) is 0.433. The van der Waals surface area contributed by atoms with Crippen molar-refractivity contribution >= 4 is 11.6 Å². The lowest BCUT2D eigenvalue weighted by molar-refractivity contribution is -0.136. The molecule has 5 nitrogen and oxygen atoms in total. The molecule has 0 aliphatic carbocycles. The Labute approximate surface area is 105 Å². The summed E-state index contributed by atoms with van der Waals surface area (Å²) < 4.78 is 1.91. The molecule has 1 N–H and O–H groups in total. The fourth-order valence-corrected chi connectivity index (χ4v) is 1.86. The number of hydrogen-bond donors (Lipinski definition) is 1. The van der Waals surface area contributed by atoms with E-state index in [1.807, 2.05) is 23.6 Å². The van der Waals surface area contributed by atoms with Crippen LogP contribution in [0, 0.1) is 6.92 Å². The lowest BCUT2D eigenvalue weighted by atomic mass is 10.1. The third kappa shape index (κ3) is 2.50. The number of aliphatic carboxylic acids is 1. The largest absolute Gasteiger partial charge is 0.481 e. The van der Waals surface area contributed by atoms with E-state index < -0.39 is 5.97 Å². The van der Waals surface area contributed by atoms with Crippen LogP contribution in [-0.2, 0) is 11.2 Å². The second-order valence-corrected chi connectivity index (χ2v) is 4.74. The summed E-state index contributed by atoms with van der Waals surface area (Å²) >= 11 is 0. The van der Waals surface area contributed by atoms with E-state index in [1.165, 1.54) is 0 Å². The number of carboxylic acid groups (broad SMARTS) is 1. The maximum atomic E-state index is 10.6. The Balaban J connectivity index is 2.38. The quantitative estimate of drug-likeness (QED) is 0.899. The highest BCUT2D eigenvalue weighted by Gasteiger charge is 2.09. The van der Waals surface area contributed by atoms with Gasteiger partial charge in [-0.25, -0.2) is 9.97 Å². The first kappa shape index (κ1) is 12.5. The van der Waals surface area contributed by atoms with Crippen molar-refractivity contribution < 1.29 is 9.90 Å². The van der Waals surface area contributed by atoms with Gasteiger partial charge >= 0.3 is 5.97 Å². The van der Waals surface area contributed by atoms with Gasteiger partial charge in [-0.1, -0.05) is 13.8 Å². The van der Waals surface area contributed by atoms with Crippen molar-refractivity contribution in [2.45, 2.75) is 39.5 Å². The Kier molecular flexibility index (Phi) is 3.32. The van der Waals surface area contributed by atoms with Gasteiger partial charge in [0.1, 0.15) is 11.5 Å². The topological polar surface area (TPSA) is 67.5 Å². The molecule has 0 aliphatic heterocycles. The third-order valence-corrected chi connectivity index (χ3v) is 2.89. The molecule has 0 bridgehead atoms. The monoisotopic (exact) mass is 247 g/mol. The molecule has 2 rings (SSSR count). The van der Waals surface area contributed by atoms with Gasteiger partial charge in [-0.15, -0.1) is 0 Å². The van der Waals surface area contributed by atoms with E-state index in [9.17, 15) is 4.79 Å². The average Bonchev–Trinajstić information content (AvgIpc) is 2.69. The Bertz CT molecular complexity index is 587. The number of imidazole rings is 1. The molecular formula is C13H17N3O2. The molecule has 0 aliphatic rings. The summed E-state index contributed by atoms with van der Waals surface area (Å²) in [5.41, 5.74) is 2.64. The third-order valence-electron chi connectivity index (χ3n) is 2.89. The first-order valence-electron chi connectivity index (χ1n) is 6.04. The van der Waals surface area contributed by atoms with Gasteiger partial charge in [0.2, 0.25) is 0 Å². The second-order valence-electron chi connectivity index (χ2n) is 4.74. The molecular weight excluding hydrogens is 230 g/mol. The number of aryl methyl sites for hydroxylation is 2. The molecule has 0 fully saturated rings. The van der Waals surface area contributed by atoms with Crippen LogP contribution >= 0.6 is 0 Å². The number of nitrogens with zero attached hydrogens (tertiary/aromatic N) is 3. The number of aromatic nitrogens is 3. The highest BCUT2D eigenvalue weighted by atomic mass is 16.4. The summed E-state index contributed by atoms with van der Waals surface area (Å²) in [7, 11) is 0. The minimum Gasteiger partial charge on any atom is -0.481 e. The number of carboxylic acids is 1. The second kappa shape index (κ2) is 4.76. The molecule has 96 valence electrons. The lowest BCUT2D eigenvalue weighted by Crippen LogP contribution is -2.00. The summed E-state index contributed by atoms with van der Waals surface area (Å²) in [6, 6.07) is 1.96. The Morgan fingerprint density at radius 3 is 2.78 bits per heavy atom. The summed E-state index contributed by atoms with van der Waals surface area (Å²) in [4.78, 5) is 19.5. The summed E-state index contributed by atoms with van der Waals surface area (Å²) in [5, 5.41) is 8.67. The van der Waals surface area contributed by atoms with Gasteiger partial charge in [0, 0.05) is 24.4 Å². The van der Waals surface area contributed by atoms with Crippen molar-refractivity contribution in [2.24, 2.45) is 0 Å². The Morgan fingerprint density at radius 1 is 1.44 bits per heavy atom. The molecule has 0 atom stereocenters. The van der Waals surface area contributed by atoms with E-state index in [0.29, 0.717) is 12.3 Å². The molecule has 0 amide bonds. The van der Waals surface area contributed by atoms with Gasteiger partial charge < -0.3 is 5.11 Å². The van der Waals surface area contributed by atoms with Crippen molar-refractivity contribution in [1.82, 2.24) is 14.4 Å². The predicted octanol–water partition coefficient (Wildman–Crippen LogP) is 2.18. The molecule has 2 aromatic rings. The molecule has 5 heteroatoms. The van der Waals surface area contributed by atoms with E-state index in [1.54, 1.807) is 0 Å². The number of carbonyl (C=O) groups is 1. The first-order valence-corrected chi connectivity index (χ1v) is 6.04. The molecule has 0 unspecified atom stereocenters. The van der Waals surface area contributed by atoms with Crippen LogP contribution in [-0.4, -0.2) is 25.4 Å². The zero-order valence-corrected chi connectivity index (χ0v) is 10.8. The molecule has 2 heterocycles. The highest BCUT2D eigenvalue weighted by molar-refractivity contribution is 5.67. The van der Waals surface area contributed by atoms with Crippen LogP contribution in [0.15, 0.2) is 12.3 Å². The smallest absolute Gasteiger partial charge is 0.303 e. The maximum Gasteiger partial charge on any atom is 0.303 e. The number of hydrogen-bond acceptors (Lipinski definition) is 3. The Morgan fingerprint density at radius 2 is 2.17 bits per heavy atom. The standard InChI is InChI=1S/C13H17N3O2/c1-8(2)11-6-12-15-10(4-5-13(17)18)7-16(12)9(3)14-11/h6-8H,4-5H2,1-3H3,(H,17,18). The van der Waals surface area contributed by atoms with Crippen molar-refractivity contribution in [2.75, 3.05) is 0 Å². The Hall–Kier alpha value is -1.91. The maximum absolute atomic E-state index is 10.6. The van der Waals surface area contributed by atoms with Crippen LogP contribution in [0.3, 0.4) is 0 Å². The van der Waals surface area contributed by atoms with Gasteiger partial charge in [0.05, 0.1) is 12.1 Å². The molecule has 2 aromatic heterocycles. The van der Waals surface area contributed by atoms with Crippen molar-refractivity contribution in [1.29, 1.82) is 0 Å². The van der Waals surface area contributed by atoms with E-state index in [-0.39, 0.29) is 6.42 Å². The average molecular weight is 247 g/mol. The zero-order valence-electron chi connectivity index (χ0n) is 10.8. The first-order chi connectivity index (χ1) is 8.47. The van der Waals surface area contributed by atoms with Gasteiger partial charge in [-0.2, -0.15) is 0 Å². The van der Waals surface area contributed by atoms with Gasteiger partial charge in [0.25, 0.3) is 0 Å². The minimum atomic E-state index is -0.801. The lowest BCUT2D eigenvalue weighted by Gasteiger charge is -2.06. The predicted molar refractivity (Wildman–Crippen MR) is 67.8 cm³/mol. The zero-order chi connectivity index (χ0) is 13.3. The van der Waals surface area contributed by atoms with Crippen LogP contribution in [0.4, 0.5) is 0 Å². The molecule has 0 spiro atoms. The number of rotatable bonds is 4. The van der Waals surface area contributed by atoms with Gasteiger partial charge in [-0.05, 0) is 12.8 Å². The van der Waals surface area contributed by atoms with Crippen molar-refractivity contribution in [3.05, 3.63) is 29.5 Å². The minimum absolute atomic E-state index is 0.105. The van der Waals surface area contributed by atoms with Crippen molar-refractivity contribution in [3.63, 3.8) is 0 Å². The van der Waals surface area contributed by atoms with Crippen molar-refractivity contribution in [3.8, 4) is 0 Å². The van der Waals surface area contributed by atoms with E-state index in [2.05, 4.69) is 23.8 Å². The summed E-state index contributed by atoms with van der Waals surface area (Å²) in [6.45, 7) is 6.11. The van der Waals surface area contributed by atoms with E-state index in [4.69, 9.17) is 5.11 Å². The van der Waals surface area contributed by atoms with E-state index in [0.717, 1.165) is 22.9 Å². The normalized spacial score (nSPS) is 11.3. The van der Waals surface area contributed by atoms with Crippen LogP contribution in [0.1, 0.15) is 43.4 Å². The molecule has 18 heavy (non-hydrogen) atoms. The molecule has 0 saturated carbocycles. The van der Waals surface area contributed by atoms with Crippen LogP contribution in [0.2, 0.25) is 0 Å². The van der Waals surface area contributed by atoms with E-state index >= 15 is 0 Å².